The monoisotopic (exact) mass is 324 g/mol. The zero-order valence-corrected chi connectivity index (χ0v) is 13.8. The Morgan fingerprint density at radius 3 is 2.50 bits per heavy atom. The Kier molecular flexibility index (Phi) is 4.51. The maximum Gasteiger partial charge on any atom is 0.328 e. The molecule has 5 nitrogen and oxygen atoms in total. The Morgan fingerprint density at radius 2 is 1.83 bits per heavy atom. The maximum absolute atomic E-state index is 12.9. The number of aromatic nitrogens is 2. The molecule has 1 heterocycles. The minimum atomic E-state index is -0.370. The lowest BCUT2D eigenvalue weighted by atomic mass is 10.00. The van der Waals surface area contributed by atoms with Crippen molar-refractivity contribution in [2.24, 2.45) is 0 Å². The molecular weight excluding hydrogens is 304 g/mol. The number of methoxy groups -OCH3 is 1. The van der Waals surface area contributed by atoms with Crippen LogP contribution in [-0.4, -0.2) is 16.7 Å². The van der Waals surface area contributed by atoms with E-state index in [4.69, 9.17) is 4.74 Å². The summed E-state index contributed by atoms with van der Waals surface area (Å²) in [7, 11) is 1.59. The van der Waals surface area contributed by atoms with Crippen LogP contribution in [0.15, 0.2) is 52.1 Å². The Labute approximate surface area is 139 Å². The zero-order valence-electron chi connectivity index (χ0n) is 13.8. The molecule has 0 atom stereocenters. The van der Waals surface area contributed by atoms with Crippen molar-refractivity contribution < 1.29 is 4.74 Å². The standard InChI is InChI=1S/C19H20N2O3/c1-3-11-21-18(22)17-14(12-13-7-5-4-6-8-13)16(24-2)10-9-15(17)20-19(21)23/h4-10H,3,11-12H2,1-2H3,(H,20,23). The van der Waals surface area contributed by atoms with Crippen LogP contribution < -0.4 is 16.0 Å². The van der Waals surface area contributed by atoms with Crippen LogP contribution in [0.1, 0.15) is 24.5 Å². The third kappa shape index (κ3) is 2.85. The van der Waals surface area contributed by atoms with Crippen molar-refractivity contribution in [1.29, 1.82) is 0 Å². The number of hydrogen-bond acceptors (Lipinski definition) is 3. The molecule has 0 saturated carbocycles. The molecule has 1 N–H and O–H groups in total. The molecular formula is C19H20N2O3. The first-order chi connectivity index (χ1) is 11.7. The van der Waals surface area contributed by atoms with Crippen LogP contribution in [0, 0.1) is 0 Å². The summed E-state index contributed by atoms with van der Waals surface area (Å²) in [6.07, 6.45) is 1.28. The fourth-order valence-corrected chi connectivity index (χ4v) is 2.98. The van der Waals surface area contributed by atoms with Gasteiger partial charge in [-0.25, -0.2) is 4.79 Å². The van der Waals surface area contributed by atoms with Gasteiger partial charge in [-0.1, -0.05) is 37.3 Å². The van der Waals surface area contributed by atoms with Gasteiger partial charge in [0.15, 0.2) is 0 Å². The van der Waals surface area contributed by atoms with Crippen LogP contribution >= 0.6 is 0 Å². The molecule has 0 aliphatic heterocycles. The van der Waals surface area contributed by atoms with Gasteiger partial charge in [0.05, 0.1) is 18.0 Å². The second-order valence-corrected chi connectivity index (χ2v) is 5.72. The van der Waals surface area contributed by atoms with Crippen molar-refractivity contribution in [3.63, 3.8) is 0 Å². The van der Waals surface area contributed by atoms with E-state index >= 15 is 0 Å². The molecule has 2 aromatic carbocycles. The Bertz CT molecular complexity index is 972. The highest BCUT2D eigenvalue weighted by Gasteiger charge is 2.15. The van der Waals surface area contributed by atoms with Gasteiger partial charge in [-0.3, -0.25) is 9.36 Å². The highest BCUT2D eigenvalue weighted by atomic mass is 16.5. The minimum absolute atomic E-state index is 0.263. The van der Waals surface area contributed by atoms with Crippen molar-refractivity contribution in [2.75, 3.05) is 7.11 Å². The van der Waals surface area contributed by atoms with Crippen LogP contribution in [0.2, 0.25) is 0 Å². The minimum Gasteiger partial charge on any atom is -0.496 e. The van der Waals surface area contributed by atoms with Crippen LogP contribution in [-0.2, 0) is 13.0 Å². The summed E-state index contributed by atoms with van der Waals surface area (Å²) in [4.78, 5) is 27.9. The second-order valence-electron chi connectivity index (χ2n) is 5.72. The molecule has 0 unspecified atom stereocenters. The lowest BCUT2D eigenvalue weighted by Crippen LogP contribution is -2.35. The first-order valence-electron chi connectivity index (χ1n) is 8.02. The van der Waals surface area contributed by atoms with Crippen molar-refractivity contribution in [3.05, 3.63) is 74.4 Å². The number of benzene rings is 2. The second kappa shape index (κ2) is 6.74. The molecule has 0 saturated heterocycles. The van der Waals surface area contributed by atoms with E-state index in [2.05, 4.69) is 4.98 Å². The molecule has 0 amide bonds. The highest BCUT2D eigenvalue weighted by molar-refractivity contribution is 5.84. The Hall–Kier alpha value is -2.82. The van der Waals surface area contributed by atoms with Crippen molar-refractivity contribution in [3.8, 4) is 5.75 Å². The first-order valence-corrected chi connectivity index (χ1v) is 8.02. The topological polar surface area (TPSA) is 64.1 Å². The average molecular weight is 324 g/mol. The van der Waals surface area contributed by atoms with Gasteiger partial charge >= 0.3 is 5.69 Å². The van der Waals surface area contributed by atoms with Gasteiger partial charge in [-0.05, 0) is 24.1 Å². The number of ether oxygens (including phenoxy) is 1. The molecule has 0 bridgehead atoms. The number of aromatic amines is 1. The third-order valence-corrected chi connectivity index (χ3v) is 4.11. The molecule has 0 spiro atoms. The van der Waals surface area contributed by atoms with E-state index < -0.39 is 0 Å². The fraction of sp³-hybridized carbons (Fsp3) is 0.263. The van der Waals surface area contributed by atoms with Gasteiger partial charge in [0.25, 0.3) is 5.56 Å². The maximum atomic E-state index is 12.9. The van der Waals surface area contributed by atoms with Gasteiger partial charge in [-0.15, -0.1) is 0 Å². The van der Waals surface area contributed by atoms with E-state index in [1.807, 2.05) is 37.3 Å². The summed E-state index contributed by atoms with van der Waals surface area (Å²) >= 11 is 0. The molecule has 124 valence electrons. The van der Waals surface area contributed by atoms with E-state index in [-0.39, 0.29) is 11.2 Å². The lowest BCUT2D eigenvalue weighted by Gasteiger charge is -2.13. The third-order valence-electron chi connectivity index (χ3n) is 4.11. The van der Waals surface area contributed by atoms with Crippen molar-refractivity contribution in [1.82, 2.24) is 9.55 Å². The number of fused-ring (bicyclic) bond motifs is 1. The zero-order chi connectivity index (χ0) is 17.1. The smallest absolute Gasteiger partial charge is 0.328 e. The summed E-state index contributed by atoms with van der Waals surface area (Å²) in [6.45, 7) is 2.33. The largest absolute Gasteiger partial charge is 0.496 e. The van der Waals surface area contributed by atoms with Crippen LogP contribution in [0.3, 0.4) is 0 Å². The summed E-state index contributed by atoms with van der Waals surface area (Å²) in [5.74, 6) is 0.651. The van der Waals surface area contributed by atoms with E-state index in [0.29, 0.717) is 36.0 Å². The van der Waals surface area contributed by atoms with Gasteiger partial charge in [0, 0.05) is 18.5 Å². The number of H-pyrrole nitrogens is 1. The van der Waals surface area contributed by atoms with Gasteiger partial charge in [0.1, 0.15) is 5.75 Å². The summed E-state index contributed by atoms with van der Waals surface area (Å²) in [5, 5.41) is 0.520. The first kappa shape index (κ1) is 16.1. The quantitative estimate of drug-likeness (QED) is 0.785. The normalized spacial score (nSPS) is 10.9. The fourth-order valence-electron chi connectivity index (χ4n) is 2.98. The predicted octanol–water partition coefficient (Wildman–Crippen LogP) is 2.70. The van der Waals surface area contributed by atoms with E-state index in [1.165, 1.54) is 4.57 Å². The average Bonchev–Trinajstić information content (AvgIpc) is 2.59. The highest BCUT2D eigenvalue weighted by Crippen LogP contribution is 2.27. The van der Waals surface area contributed by atoms with Crippen LogP contribution in [0.25, 0.3) is 10.9 Å². The molecule has 0 radical (unpaired) electrons. The molecule has 0 aliphatic carbocycles. The van der Waals surface area contributed by atoms with Crippen LogP contribution in [0.5, 0.6) is 5.75 Å². The van der Waals surface area contributed by atoms with Crippen LogP contribution in [0.4, 0.5) is 0 Å². The number of hydrogen-bond donors (Lipinski definition) is 1. The number of nitrogens with zero attached hydrogens (tertiary/aromatic N) is 1. The van der Waals surface area contributed by atoms with E-state index in [9.17, 15) is 9.59 Å². The summed E-state index contributed by atoms with van der Waals surface area (Å²) in [5.41, 5.74) is 1.79. The number of rotatable bonds is 5. The molecule has 5 heteroatoms. The predicted molar refractivity (Wildman–Crippen MR) is 94.9 cm³/mol. The van der Waals surface area contributed by atoms with Gasteiger partial charge < -0.3 is 9.72 Å². The summed E-state index contributed by atoms with van der Waals surface area (Å²) in [6, 6.07) is 13.4. The molecule has 3 aromatic rings. The van der Waals surface area contributed by atoms with Crippen molar-refractivity contribution in [2.45, 2.75) is 26.3 Å². The van der Waals surface area contributed by atoms with E-state index in [0.717, 1.165) is 11.1 Å². The molecule has 0 fully saturated rings. The summed E-state index contributed by atoms with van der Waals surface area (Å²) < 4.78 is 6.73. The van der Waals surface area contributed by atoms with Gasteiger partial charge in [-0.2, -0.15) is 0 Å². The van der Waals surface area contributed by atoms with E-state index in [1.54, 1.807) is 19.2 Å². The number of nitrogens with one attached hydrogen (secondary N) is 1. The van der Waals surface area contributed by atoms with Crippen molar-refractivity contribution >= 4 is 10.9 Å². The molecule has 24 heavy (non-hydrogen) atoms. The van der Waals surface area contributed by atoms with Gasteiger partial charge in [0.2, 0.25) is 0 Å². The SMILES string of the molecule is CCCn1c(=O)[nH]c2ccc(OC)c(Cc3ccccc3)c2c1=O. The molecule has 1 aromatic heterocycles. The molecule has 0 aliphatic rings. The molecule has 3 rings (SSSR count). The lowest BCUT2D eigenvalue weighted by molar-refractivity contribution is 0.411. The Morgan fingerprint density at radius 1 is 1.08 bits per heavy atom. The Balaban J connectivity index is 2.30.